The molecule has 3 aromatic rings. The van der Waals surface area contributed by atoms with Gasteiger partial charge in [-0.3, -0.25) is 4.79 Å². The number of hydrogen-bond acceptors (Lipinski definition) is 4. The van der Waals surface area contributed by atoms with Gasteiger partial charge in [-0.05, 0) is 55.3 Å². The Morgan fingerprint density at radius 2 is 1.86 bits per heavy atom. The fraction of sp³-hybridized carbons (Fsp3) is 0.238. The summed E-state index contributed by atoms with van der Waals surface area (Å²) in [5, 5.41) is 17.1. The van der Waals surface area contributed by atoms with E-state index in [0.717, 1.165) is 12.0 Å². The lowest BCUT2D eigenvalue weighted by molar-refractivity contribution is 0.0736. The predicted octanol–water partition coefficient (Wildman–Crippen LogP) is 3.64. The molecule has 3 rings (SSSR count). The van der Waals surface area contributed by atoms with Gasteiger partial charge in [0.25, 0.3) is 5.91 Å². The number of hydrogen-bond donors (Lipinski definition) is 0. The first-order valence-electron chi connectivity index (χ1n) is 9.00. The van der Waals surface area contributed by atoms with Crippen LogP contribution >= 0.6 is 0 Å². The van der Waals surface area contributed by atoms with Crippen LogP contribution in [0.15, 0.2) is 48.5 Å². The summed E-state index contributed by atoms with van der Waals surface area (Å²) in [7, 11) is 0. The molecule has 7 heteroatoms. The van der Waals surface area contributed by atoms with Crippen molar-refractivity contribution in [3.05, 3.63) is 76.9 Å². The zero-order chi connectivity index (χ0) is 20.1. The highest BCUT2D eigenvalue weighted by Gasteiger charge is 2.23. The molecule has 0 saturated heterocycles. The second kappa shape index (κ2) is 8.44. The number of nitriles is 1. The highest BCUT2D eigenvalue weighted by atomic mass is 19.1. The summed E-state index contributed by atoms with van der Waals surface area (Å²) < 4.78 is 14.7. The number of carbonyl (C=O) groups is 1. The Bertz CT molecular complexity index is 1000. The number of aromatic nitrogens is 3. The van der Waals surface area contributed by atoms with Gasteiger partial charge in [0.05, 0.1) is 23.0 Å². The Labute approximate surface area is 162 Å². The molecule has 0 unspecified atom stereocenters. The van der Waals surface area contributed by atoms with E-state index >= 15 is 0 Å². The van der Waals surface area contributed by atoms with E-state index in [0.29, 0.717) is 30.0 Å². The van der Waals surface area contributed by atoms with E-state index in [1.54, 1.807) is 36.1 Å². The first-order chi connectivity index (χ1) is 13.5. The number of halogens is 1. The van der Waals surface area contributed by atoms with Crippen molar-refractivity contribution in [1.82, 2.24) is 19.9 Å². The van der Waals surface area contributed by atoms with Crippen LogP contribution in [0.25, 0.3) is 5.69 Å². The normalized spacial score (nSPS) is 10.5. The molecule has 0 aliphatic carbocycles. The Morgan fingerprint density at radius 1 is 1.18 bits per heavy atom. The maximum Gasteiger partial charge on any atom is 0.276 e. The predicted molar refractivity (Wildman–Crippen MR) is 102 cm³/mol. The maximum atomic E-state index is 13.2. The second-order valence-corrected chi connectivity index (χ2v) is 6.45. The van der Waals surface area contributed by atoms with Crippen LogP contribution < -0.4 is 0 Å². The van der Waals surface area contributed by atoms with Gasteiger partial charge in [0.15, 0.2) is 5.69 Å². The first-order valence-corrected chi connectivity index (χ1v) is 9.00. The summed E-state index contributed by atoms with van der Waals surface area (Å²) in [6.45, 7) is 4.76. The minimum absolute atomic E-state index is 0.211. The smallest absolute Gasteiger partial charge is 0.276 e. The summed E-state index contributed by atoms with van der Waals surface area (Å²) in [5.74, 6) is -0.550. The van der Waals surface area contributed by atoms with Crippen LogP contribution in [0.2, 0.25) is 0 Å². The monoisotopic (exact) mass is 377 g/mol. The molecule has 0 aliphatic heterocycles. The first kappa shape index (κ1) is 19.2. The lowest BCUT2D eigenvalue weighted by Gasteiger charge is -2.21. The third-order valence-electron chi connectivity index (χ3n) is 4.41. The molecule has 0 fully saturated rings. The van der Waals surface area contributed by atoms with E-state index in [-0.39, 0.29) is 17.4 Å². The zero-order valence-electron chi connectivity index (χ0n) is 15.8. The molecule has 142 valence electrons. The molecule has 1 heterocycles. The largest absolute Gasteiger partial charge is 0.333 e. The molecule has 6 nitrogen and oxygen atoms in total. The van der Waals surface area contributed by atoms with Crippen molar-refractivity contribution in [2.75, 3.05) is 6.54 Å². The molecule has 0 saturated carbocycles. The van der Waals surface area contributed by atoms with Gasteiger partial charge in [-0.1, -0.05) is 24.3 Å². The lowest BCUT2D eigenvalue weighted by Crippen LogP contribution is -2.32. The van der Waals surface area contributed by atoms with E-state index in [2.05, 4.69) is 16.4 Å². The standard InChI is InChI=1S/C21H20FN5O/c1-3-12-26(14-17-6-4-16(13-23)5-7-17)21(28)20-15(2)27(25-24-20)19-10-8-18(22)9-11-19/h4-11H,3,12,14H2,1-2H3. The van der Waals surface area contributed by atoms with Gasteiger partial charge in [-0.2, -0.15) is 5.26 Å². The number of benzene rings is 2. The molecule has 1 aromatic heterocycles. The summed E-state index contributed by atoms with van der Waals surface area (Å²) in [6.07, 6.45) is 0.799. The third kappa shape index (κ3) is 4.07. The third-order valence-corrected chi connectivity index (χ3v) is 4.41. The van der Waals surface area contributed by atoms with Crippen LogP contribution in [0.4, 0.5) is 4.39 Å². The van der Waals surface area contributed by atoms with Gasteiger partial charge in [0.1, 0.15) is 5.82 Å². The van der Waals surface area contributed by atoms with Crippen LogP contribution in [0.1, 0.15) is 40.7 Å². The van der Waals surface area contributed by atoms with Crippen molar-refractivity contribution >= 4 is 5.91 Å². The van der Waals surface area contributed by atoms with Crippen molar-refractivity contribution in [3.8, 4) is 11.8 Å². The molecule has 28 heavy (non-hydrogen) atoms. The lowest BCUT2D eigenvalue weighted by atomic mass is 10.1. The maximum absolute atomic E-state index is 13.2. The van der Waals surface area contributed by atoms with Crippen LogP contribution in [0, 0.1) is 24.1 Å². The van der Waals surface area contributed by atoms with Crippen molar-refractivity contribution in [1.29, 1.82) is 5.26 Å². The fourth-order valence-electron chi connectivity index (χ4n) is 2.93. The molecule has 0 radical (unpaired) electrons. The number of carbonyl (C=O) groups excluding carboxylic acids is 1. The summed E-state index contributed by atoms with van der Waals surface area (Å²) in [4.78, 5) is 14.8. The van der Waals surface area contributed by atoms with E-state index in [9.17, 15) is 9.18 Å². The molecular formula is C21H20FN5O. The van der Waals surface area contributed by atoms with Gasteiger partial charge >= 0.3 is 0 Å². The average molecular weight is 377 g/mol. The average Bonchev–Trinajstić information content (AvgIpc) is 3.09. The SMILES string of the molecule is CCCN(Cc1ccc(C#N)cc1)C(=O)c1nnn(-c2ccc(F)cc2)c1C. The Kier molecular flexibility index (Phi) is 5.80. The zero-order valence-corrected chi connectivity index (χ0v) is 15.8. The Balaban J connectivity index is 1.85. The van der Waals surface area contributed by atoms with Crippen LogP contribution in [0.5, 0.6) is 0 Å². The molecule has 2 aromatic carbocycles. The van der Waals surface area contributed by atoms with Crippen molar-refractivity contribution in [2.24, 2.45) is 0 Å². The molecule has 0 atom stereocenters. The molecule has 0 N–H and O–H groups in total. The minimum atomic E-state index is -0.339. The van der Waals surface area contributed by atoms with Gasteiger partial charge in [0.2, 0.25) is 0 Å². The second-order valence-electron chi connectivity index (χ2n) is 6.45. The summed E-state index contributed by atoms with van der Waals surface area (Å²) in [5.41, 5.74) is 3.02. The van der Waals surface area contributed by atoms with E-state index in [1.807, 2.05) is 19.1 Å². The Hall–Kier alpha value is -3.53. The molecular weight excluding hydrogens is 357 g/mol. The van der Waals surface area contributed by atoms with Crippen LogP contribution in [0.3, 0.4) is 0 Å². The van der Waals surface area contributed by atoms with Crippen LogP contribution in [-0.4, -0.2) is 32.3 Å². The molecule has 0 spiro atoms. The van der Waals surface area contributed by atoms with E-state index < -0.39 is 0 Å². The van der Waals surface area contributed by atoms with Gasteiger partial charge < -0.3 is 4.90 Å². The van der Waals surface area contributed by atoms with Gasteiger partial charge in [-0.25, -0.2) is 9.07 Å². The van der Waals surface area contributed by atoms with Crippen molar-refractivity contribution in [2.45, 2.75) is 26.8 Å². The number of amides is 1. The van der Waals surface area contributed by atoms with Crippen LogP contribution in [-0.2, 0) is 6.54 Å². The van der Waals surface area contributed by atoms with Crippen molar-refractivity contribution in [3.63, 3.8) is 0 Å². The molecule has 0 aliphatic rings. The summed E-state index contributed by atoms with van der Waals surface area (Å²) in [6, 6.07) is 15.1. The highest BCUT2D eigenvalue weighted by Crippen LogP contribution is 2.16. The highest BCUT2D eigenvalue weighted by molar-refractivity contribution is 5.93. The number of rotatable bonds is 6. The topological polar surface area (TPSA) is 74.8 Å². The van der Waals surface area contributed by atoms with Gasteiger partial charge in [0, 0.05) is 13.1 Å². The van der Waals surface area contributed by atoms with E-state index in [1.165, 1.54) is 16.8 Å². The van der Waals surface area contributed by atoms with E-state index in [4.69, 9.17) is 5.26 Å². The van der Waals surface area contributed by atoms with Crippen molar-refractivity contribution < 1.29 is 9.18 Å². The summed E-state index contributed by atoms with van der Waals surface area (Å²) >= 11 is 0. The molecule has 1 amide bonds. The number of nitrogens with zero attached hydrogens (tertiary/aromatic N) is 5. The van der Waals surface area contributed by atoms with Gasteiger partial charge in [-0.15, -0.1) is 5.10 Å². The minimum Gasteiger partial charge on any atom is -0.333 e. The Morgan fingerprint density at radius 3 is 2.46 bits per heavy atom. The fourth-order valence-corrected chi connectivity index (χ4v) is 2.93. The molecule has 0 bridgehead atoms. The quantitative estimate of drug-likeness (QED) is 0.657.